The number of thiazole rings is 1. The molecule has 0 aliphatic carbocycles. The Morgan fingerprint density at radius 1 is 1.28 bits per heavy atom. The molecule has 2 aliphatic rings. The molecule has 230 valence electrons. The van der Waals surface area contributed by atoms with Crippen LogP contribution >= 0.6 is 34.9 Å². The Hall–Kier alpha value is -4.30. The number of carboxylic acids is 2. The molecule has 0 aromatic carbocycles. The molecule has 1 saturated heterocycles. The fourth-order valence-electron chi connectivity index (χ4n) is 4.20. The SMILES string of the molecule is CC[n+]1c(SCC2=C(C(=O)O)N3C(=O)C(NC(=O)/C(=N\OC(C)CC(=O)O)c4csc(N)n4)C3SC2)nc(N)c(N)c1N. The van der Waals surface area contributed by atoms with Crippen LogP contribution in [0.25, 0.3) is 0 Å². The van der Waals surface area contributed by atoms with E-state index in [9.17, 15) is 24.3 Å². The van der Waals surface area contributed by atoms with E-state index in [4.69, 9.17) is 32.9 Å². The van der Waals surface area contributed by atoms with Gasteiger partial charge in [-0.3, -0.25) is 19.3 Å². The number of carbonyl (C=O) groups is 4. The molecule has 11 N–H and O–H groups in total. The number of rotatable bonds is 12. The first-order valence-electron chi connectivity index (χ1n) is 12.6. The zero-order chi connectivity index (χ0) is 31.6. The molecule has 2 amide bonds. The highest BCUT2D eigenvalue weighted by atomic mass is 32.2. The number of nitrogen functional groups attached to an aromatic ring is 4. The molecular formula is C23H29N10O7S3+. The Labute approximate surface area is 256 Å². The van der Waals surface area contributed by atoms with Crippen molar-refractivity contribution in [2.45, 2.75) is 49.5 Å². The quantitative estimate of drug-likeness (QED) is 0.0372. The van der Waals surface area contributed by atoms with Crippen molar-refractivity contribution in [2.24, 2.45) is 5.16 Å². The average Bonchev–Trinajstić information content (AvgIpc) is 3.38. The molecule has 0 saturated carbocycles. The number of nitrogens with two attached hydrogens (primary N) is 4. The van der Waals surface area contributed by atoms with Crippen molar-refractivity contribution in [1.82, 2.24) is 20.2 Å². The first-order valence-corrected chi connectivity index (χ1v) is 15.5. The van der Waals surface area contributed by atoms with Gasteiger partial charge in [0.25, 0.3) is 11.8 Å². The highest BCUT2D eigenvalue weighted by Gasteiger charge is 2.54. The number of oxime groups is 1. The van der Waals surface area contributed by atoms with Crippen LogP contribution in [0.1, 0.15) is 26.0 Å². The summed E-state index contributed by atoms with van der Waals surface area (Å²) >= 11 is 3.52. The lowest BCUT2D eigenvalue weighted by Gasteiger charge is -2.49. The molecule has 1 fully saturated rings. The van der Waals surface area contributed by atoms with Gasteiger partial charge in [0.05, 0.1) is 13.0 Å². The average molecular weight is 654 g/mol. The van der Waals surface area contributed by atoms with E-state index < -0.39 is 41.3 Å². The van der Waals surface area contributed by atoms with Crippen molar-refractivity contribution in [1.29, 1.82) is 0 Å². The first kappa shape index (κ1) is 31.6. The van der Waals surface area contributed by atoms with Gasteiger partial charge in [0, 0.05) is 16.9 Å². The number of carboxylic acid groups (broad SMARTS) is 2. The number of hydrogen-bond donors (Lipinski definition) is 7. The van der Waals surface area contributed by atoms with Crippen LogP contribution in [0.2, 0.25) is 0 Å². The first-order chi connectivity index (χ1) is 20.3. The van der Waals surface area contributed by atoms with E-state index in [1.165, 1.54) is 35.8 Å². The number of fused-ring (bicyclic) bond motifs is 1. The number of aliphatic carboxylic acids is 2. The van der Waals surface area contributed by atoms with Crippen molar-refractivity contribution in [3.63, 3.8) is 0 Å². The van der Waals surface area contributed by atoms with Gasteiger partial charge in [-0.25, -0.2) is 14.3 Å². The van der Waals surface area contributed by atoms with Crippen LogP contribution in [0.15, 0.2) is 27.0 Å². The molecule has 17 nitrogen and oxygen atoms in total. The van der Waals surface area contributed by atoms with Gasteiger partial charge in [-0.05, 0) is 31.2 Å². The van der Waals surface area contributed by atoms with Gasteiger partial charge in [0.1, 0.15) is 28.9 Å². The molecule has 4 rings (SSSR count). The second-order valence-electron chi connectivity index (χ2n) is 9.25. The van der Waals surface area contributed by atoms with Gasteiger partial charge in [-0.2, -0.15) is 0 Å². The van der Waals surface area contributed by atoms with E-state index in [0.717, 1.165) is 16.2 Å². The fraction of sp³-hybridized carbons (Fsp3) is 0.391. The van der Waals surface area contributed by atoms with E-state index >= 15 is 0 Å². The van der Waals surface area contributed by atoms with E-state index in [-0.39, 0.29) is 57.5 Å². The third-order valence-corrected chi connectivity index (χ3v) is 9.36. The molecule has 3 unspecified atom stereocenters. The van der Waals surface area contributed by atoms with Crippen molar-refractivity contribution in [3.05, 3.63) is 22.3 Å². The number of nitrogens with zero attached hydrogens (tertiary/aromatic N) is 5. The normalized spacial score (nSPS) is 19.0. The number of carbonyl (C=O) groups excluding carboxylic acids is 2. The number of amides is 2. The van der Waals surface area contributed by atoms with E-state index in [1.807, 2.05) is 6.92 Å². The number of thioether (sulfide) groups is 2. The summed E-state index contributed by atoms with van der Waals surface area (Å²) in [4.78, 5) is 64.3. The number of anilines is 4. The molecule has 0 spiro atoms. The molecule has 2 aromatic rings. The van der Waals surface area contributed by atoms with E-state index in [1.54, 1.807) is 4.57 Å². The number of hydrogen-bond acceptors (Lipinski definition) is 15. The summed E-state index contributed by atoms with van der Waals surface area (Å²) in [7, 11) is 0. The van der Waals surface area contributed by atoms with Crippen LogP contribution in [0, 0.1) is 0 Å². The number of β-lactam (4-membered cyclic amide) rings is 1. The molecule has 0 radical (unpaired) electrons. The summed E-state index contributed by atoms with van der Waals surface area (Å²) in [6, 6.07) is -1.07. The minimum absolute atomic E-state index is 0.0525. The maximum Gasteiger partial charge on any atom is 0.352 e. The van der Waals surface area contributed by atoms with Gasteiger partial charge in [0.2, 0.25) is 11.6 Å². The molecule has 43 heavy (non-hydrogen) atoms. The smallest absolute Gasteiger partial charge is 0.352 e. The van der Waals surface area contributed by atoms with Crippen molar-refractivity contribution in [3.8, 4) is 0 Å². The largest absolute Gasteiger partial charge is 0.481 e. The lowest BCUT2D eigenvalue weighted by Crippen LogP contribution is -2.71. The van der Waals surface area contributed by atoms with Gasteiger partial charge >= 0.3 is 17.1 Å². The topological polar surface area (TPSA) is 279 Å². The van der Waals surface area contributed by atoms with Gasteiger partial charge in [0.15, 0.2) is 16.5 Å². The van der Waals surface area contributed by atoms with E-state index in [2.05, 4.69) is 20.4 Å². The number of aromatic nitrogens is 3. The second kappa shape index (κ2) is 12.9. The van der Waals surface area contributed by atoms with Crippen molar-refractivity contribution >= 4 is 86.8 Å². The molecular weight excluding hydrogens is 625 g/mol. The summed E-state index contributed by atoms with van der Waals surface area (Å²) < 4.78 is 1.65. The van der Waals surface area contributed by atoms with Crippen LogP contribution in [0.3, 0.4) is 0 Å². The van der Waals surface area contributed by atoms with Gasteiger partial charge < -0.3 is 43.3 Å². The summed E-state index contributed by atoms with van der Waals surface area (Å²) in [5.74, 6) is -3.17. The highest BCUT2D eigenvalue weighted by molar-refractivity contribution is 8.01. The molecule has 4 heterocycles. The van der Waals surface area contributed by atoms with E-state index in [0.29, 0.717) is 17.3 Å². The summed E-state index contributed by atoms with van der Waals surface area (Å²) in [6.45, 7) is 3.75. The lowest BCUT2D eigenvalue weighted by molar-refractivity contribution is -0.719. The van der Waals surface area contributed by atoms with Crippen molar-refractivity contribution < 1.29 is 38.8 Å². The van der Waals surface area contributed by atoms with Crippen LogP contribution in [-0.4, -0.2) is 83.6 Å². The minimum atomic E-state index is -1.30. The van der Waals surface area contributed by atoms with Gasteiger partial charge in [-0.15, -0.1) is 23.1 Å². The zero-order valence-electron chi connectivity index (χ0n) is 22.8. The Morgan fingerprint density at radius 3 is 2.60 bits per heavy atom. The maximum atomic E-state index is 13.2. The minimum Gasteiger partial charge on any atom is -0.481 e. The summed E-state index contributed by atoms with van der Waals surface area (Å²) in [5.41, 5.74) is 23.7. The Kier molecular flexibility index (Phi) is 9.50. The van der Waals surface area contributed by atoms with Crippen LogP contribution in [0.4, 0.5) is 22.5 Å². The predicted molar refractivity (Wildman–Crippen MR) is 160 cm³/mol. The zero-order valence-corrected chi connectivity index (χ0v) is 25.3. The highest BCUT2D eigenvalue weighted by Crippen LogP contribution is 2.41. The van der Waals surface area contributed by atoms with Crippen molar-refractivity contribution in [2.75, 3.05) is 34.4 Å². The monoisotopic (exact) mass is 653 g/mol. The third-order valence-electron chi connectivity index (χ3n) is 6.28. The second-order valence-corrected chi connectivity index (χ2v) is 12.2. The molecule has 2 aromatic heterocycles. The summed E-state index contributed by atoms with van der Waals surface area (Å²) in [6.07, 6.45) is -1.24. The molecule has 0 bridgehead atoms. The Bertz CT molecular complexity index is 1550. The third kappa shape index (κ3) is 6.54. The van der Waals surface area contributed by atoms with Crippen LogP contribution < -0.4 is 32.8 Å². The molecule has 20 heteroatoms. The van der Waals surface area contributed by atoms with Crippen LogP contribution in [0.5, 0.6) is 0 Å². The lowest BCUT2D eigenvalue weighted by atomic mass is 10.0. The Morgan fingerprint density at radius 2 is 2.00 bits per heavy atom. The fourth-order valence-corrected chi connectivity index (χ4v) is 7.31. The predicted octanol–water partition coefficient (Wildman–Crippen LogP) is -0.711. The number of nitrogens with one attached hydrogen (secondary N) is 1. The summed E-state index contributed by atoms with van der Waals surface area (Å²) in [5, 5.41) is 26.7. The Balaban J connectivity index is 1.52. The maximum absolute atomic E-state index is 13.2. The standard InChI is InChI=1S/C23H28N10O7S3/c1-3-32-17(26)12(24)16(25)30-23(32)43-6-9-5-41-20-14(19(37)33(20)15(9)21(38)39)29-18(36)13(10-7-42-22(27)28-10)31-40-8(2)4-11(34)35/h7-8,14,20H,3-6H2,1-2H3,(H10,24,25,26,27,28,29,31,34,35,36,38,39)/p+1. The van der Waals surface area contributed by atoms with Crippen LogP contribution in [-0.2, 0) is 30.6 Å². The van der Waals surface area contributed by atoms with Gasteiger partial charge in [-0.1, -0.05) is 10.1 Å². The molecule has 3 atom stereocenters. The molecule has 2 aliphatic heterocycles.